The van der Waals surface area contributed by atoms with E-state index in [-0.39, 0.29) is 22.2 Å². The van der Waals surface area contributed by atoms with Crippen molar-refractivity contribution in [1.29, 1.82) is 5.26 Å². The number of aliphatic imine (C=N–C) groups is 1. The van der Waals surface area contributed by atoms with Crippen LogP contribution >= 0.6 is 11.6 Å². The Bertz CT molecular complexity index is 1450. The van der Waals surface area contributed by atoms with Gasteiger partial charge in [0.2, 0.25) is 5.88 Å². The minimum absolute atomic E-state index is 0.0199. The molecule has 0 amide bonds. The molecule has 0 bridgehead atoms. The van der Waals surface area contributed by atoms with Crippen molar-refractivity contribution in [2.75, 3.05) is 14.2 Å². The van der Waals surface area contributed by atoms with E-state index in [0.717, 1.165) is 11.1 Å². The van der Waals surface area contributed by atoms with Gasteiger partial charge in [0.05, 0.1) is 19.1 Å². The number of hydrogen-bond acceptors (Lipinski definition) is 7. The molecule has 1 heterocycles. The van der Waals surface area contributed by atoms with Crippen molar-refractivity contribution < 1.29 is 18.8 Å². The van der Waals surface area contributed by atoms with Gasteiger partial charge in [-0.15, -0.1) is 0 Å². The smallest absolute Gasteiger partial charge is 0.288 e. The summed E-state index contributed by atoms with van der Waals surface area (Å²) in [6, 6.07) is 20.9. The molecule has 3 aromatic carbocycles. The van der Waals surface area contributed by atoms with E-state index < -0.39 is 4.92 Å². The molecule has 9 heteroatoms. The van der Waals surface area contributed by atoms with Gasteiger partial charge < -0.3 is 13.9 Å². The first-order chi connectivity index (χ1) is 16.9. The topological polar surface area (TPSA) is 111 Å². The molecule has 35 heavy (non-hydrogen) atoms. The van der Waals surface area contributed by atoms with Gasteiger partial charge in [-0.05, 0) is 53.6 Å². The number of halogens is 1. The summed E-state index contributed by atoms with van der Waals surface area (Å²) in [4.78, 5) is 15.0. The lowest BCUT2D eigenvalue weighted by Crippen LogP contribution is -1.91. The van der Waals surface area contributed by atoms with Gasteiger partial charge in [0.25, 0.3) is 5.69 Å². The monoisotopic (exact) mass is 487 g/mol. The summed E-state index contributed by atoms with van der Waals surface area (Å²) in [5, 5.41) is 21.2. The lowest BCUT2D eigenvalue weighted by atomic mass is 9.98. The number of nitrogens with zero attached hydrogens (tertiary/aromatic N) is 3. The quantitative estimate of drug-likeness (QED) is 0.161. The van der Waals surface area contributed by atoms with Crippen molar-refractivity contribution in [3.63, 3.8) is 0 Å². The van der Waals surface area contributed by atoms with Crippen LogP contribution in [0.1, 0.15) is 11.1 Å². The second-order valence-corrected chi connectivity index (χ2v) is 7.69. The van der Waals surface area contributed by atoms with Crippen molar-refractivity contribution in [3.8, 4) is 40.0 Å². The molecule has 0 N–H and O–H groups in total. The Balaban J connectivity index is 1.85. The molecule has 0 aliphatic rings. The third-order valence-electron chi connectivity index (χ3n) is 5.23. The van der Waals surface area contributed by atoms with Crippen LogP contribution in [0.25, 0.3) is 22.5 Å². The molecule has 4 aromatic rings. The van der Waals surface area contributed by atoms with Crippen LogP contribution < -0.4 is 9.47 Å². The maximum Gasteiger partial charge on any atom is 0.288 e. The summed E-state index contributed by atoms with van der Waals surface area (Å²) in [5.74, 6) is 1.86. The number of furan rings is 1. The summed E-state index contributed by atoms with van der Waals surface area (Å²) in [6.45, 7) is 0. The fraction of sp³-hybridized carbons (Fsp3) is 0.0769. The Labute approximate surface area is 205 Å². The first-order valence-electron chi connectivity index (χ1n) is 10.3. The highest BCUT2D eigenvalue weighted by molar-refractivity contribution is 6.32. The van der Waals surface area contributed by atoms with Crippen LogP contribution in [0.2, 0.25) is 5.02 Å². The number of methoxy groups -OCH3 is 2. The highest BCUT2D eigenvalue weighted by Crippen LogP contribution is 2.43. The van der Waals surface area contributed by atoms with E-state index in [9.17, 15) is 15.4 Å². The molecular weight excluding hydrogens is 470 g/mol. The Morgan fingerprint density at radius 2 is 1.60 bits per heavy atom. The minimum Gasteiger partial charge on any atom is -0.497 e. The lowest BCUT2D eigenvalue weighted by molar-refractivity contribution is -0.384. The van der Waals surface area contributed by atoms with Gasteiger partial charge in [0, 0.05) is 23.4 Å². The third-order valence-corrected chi connectivity index (χ3v) is 5.55. The maximum absolute atomic E-state index is 11.2. The number of rotatable bonds is 7. The zero-order valence-corrected chi connectivity index (χ0v) is 19.4. The molecule has 0 spiro atoms. The number of nitriles is 1. The predicted molar refractivity (Wildman–Crippen MR) is 133 cm³/mol. The number of nitro groups is 1. The summed E-state index contributed by atoms with van der Waals surface area (Å²) in [6.07, 6.45) is 1.39. The molecule has 174 valence electrons. The fourth-order valence-electron chi connectivity index (χ4n) is 3.48. The first-order valence-corrected chi connectivity index (χ1v) is 10.7. The normalized spacial score (nSPS) is 10.8. The Kier molecular flexibility index (Phi) is 6.81. The summed E-state index contributed by atoms with van der Waals surface area (Å²) in [7, 11) is 3.15. The summed E-state index contributed by atoms with van der Waals surface area (Å²) in [5.41, 5.74) is 2.43. The highest BCUT2D eigenvalue weighted by Gasteiger charge is 2.23. The molecule has 0 atom stereocenters. The molecule has 0 fully saturated rings. The van der Waals surface area contributed by atoms with E-state index in [4.69, 9.17) is 25.5 Å². The SMILES string of the molecule is COc1ccc(-c2oc(/N=C/c3ccc(Cl)c([N+](=O)[O-])c3)c(C#N)c2-c2ccc(OC)cc2)cc1. The third kappa shape index (κ3) is 4.86. The van der Waals surface area contributed by atoms with Crippen molar-refractivity contribution in [1.82, 2.24) is 0 Å². The molecule has 0 aliphatic carbocycles. The number of ether oxygens (including phenoxy) is 2. The van der Waals surface area contributed by atoms with Gasteiger partial charge >= 0.3 is 0 Å². The first kappa shape index (κ1) is 23.5. The van der Waals surface area contributed by atoms with Gasteiger partial charge in [-0.3, -0.25) is 10.1 Å². The highest BCUT2D eigenvalue weighted by atomic mass is 35.5. The Hall–Kier alpha value is -4.61. The van der Waals surface area contributed by atoms with Gasteiger partial charge in [0.15, 0.2) is 0 Å². The Morgan fingerprint density at radius 3 is 2.14 bits per heavy atom. The van der Waals surface area contributed by atoms with Crippen LogP contribution in [0.3, 0.4) is 0 Å². The van der Waals surface area contributed by atoms with E-state index in [2.05, 4.69) is 11.1 Å². The molecule has 4 rings (SSSR count). The average molecular weight is 488 g/mol. The standard InChI is InChI=1S/C26H18ClN3O5/c1-33-19-8-4-17(5-9-19)24-21(14-28)26(35-25(24)18-6-10-20(34-2)11-7-18)29-15-16-3-12-22(27)23(13-16)30(31)32/h3-13,15H,1-2H3/b29-15+. The van der Waals surface area contributed by atoms with Crippen LogP contribution in [0.4, 0.5) is 11.6 Å². The molecule has 8 nitrogen and oxygen atoms in total. The molecule has 0 aliphatic heterocycles. The van der Waals surface area contributed by atoms with Crippen LogP contribution in [0.15, 0.2) is 76.1 Å². The van der Waals surface area contributed by atoms with E-state index in [1.165, 1.54) is 18.3 Å². The second-order valence-electron chi connectivity index (χ2n) is 7.28. The van der Waals surface area contributed by atoms with E-state index in [0.29, 0.717) is 28.4 Å². The van der Waals surface area contributed by atoms with Crippen LogP contribution in [0.5, 0.6) is 11.5 Å². The largest absolute Gasteiger partial charge is 0.497 e. The summed E-state index contributed by atoms with van der Waals surface area (Å²) >= 11 is 5.89. The van der Waals surface area contributed by atoms with Crippen molar-refractivity contribution in [2.45, 2.75) is 0 Å². The molecule has 0 unspecified atom stereocenters. The van der Waals surface area contributed by atoms with Gasteiger partial charge in [-0.2, -0.15) is 5.26 Å². The molecule has 0 saturated heterocycles. The number of benzene rings is 3. The maximum atomic E-state index is 11.2. The predicted octanol–water partition coefficient (Wildman–Crippen LogP) is 6.81. The number of hydrogen-bond donors (Lipinski definition) is 0. The molecule has 0 saturated carbocycles. The van der Waals surface area contributed by atoms with Crippen molar-refractivity contribution in [2.24, 2.45) is 4.99 Å². The van der Waals surface area contributed by atoms with Crippen LogP contribution in [0, 0.1) is 21.4 Å². The van der Waals surface area contributed by atoms with Crippen LogP contribution in [-0.2, 0) is 0 Å². The zero-order valence-electron chi connectivity index (χ0n) is 18.7. The Morgan fingerprint density at radius 1 is 1.00 bits per heavy atom. The fourth-order valence-corrected chi connectivity index (χ4v) is 3.66. The molecular formula is C26H18ClN3O5. The minimum atomic E-state index is -0.573. The van der Waals surface area contributed by atoms with E-state index >= 15 is 0 Å². The lowest BCUT2D eigenvalue weighted by Gasteiger charge is -2.06. The molecule has 0 radical (unpaired) electrons. The van der Waals surface area contributed by atoms with Crippen molar-refractivity contribution in [3.05, 3.63) is 93.0 Å². The van der Waals surface area contributed by atoms with E-state index in [1.54, 1.807) is 44.6 Å². The molecule has 1 aromatic heterocycles. The van der Waals surface area contributed by atoms with Crippen molar-refractivity contribution >= 4 is 29.4 Å². The summed E-state index contributed by atoms with van der Waals surface area (Å²) < 4.78 is 16.6. The van der Waals surface area contributed by atoms with Gasteiger partial charge in [-0.1, -0.05) is 29.8 Å². The van der Waals surface area contributed by atoms with Crippen LogP contribution in [-0.4, -0.2) is 25.4 Å². The average Bonchev–Trinajstić information content (AvgIpc) is 3.26. The second kappa shape index (κ2) is 10.1. The number of nitro benzene ring substituents is 1. The zero-order chi connectivity index (χ0) is 24.9. The van der Waals surface area contributed by atoms with E-state index in [1.807, 2.05) is 24.3 Å². The van der Waals surface area contributed by atoms with Gasteiger partial charge in [-0.25, -0.2) is 4.99 Å². The van der Waals surface area contributed by atoms with Gasteiger partial charge in [0.1, 0.15) is 33.9 Å².